The third kappa shape index (κ3) is 5.20. The minimum Gasteiger partial charge on any atom is -0.484 e. The molecule has 1 N–H and O–H groups in total. The fourth-order valence-electron chi connectivity index (χ4n) is 2.27. The molecule has 7 heteroatoms. The van der Waals surface area contributed by atoms with Gasteiger partial charge in [0.1, 0.15) is 5.75 Å². The summed E-state index contributed by atoms with van der Waals surface area (Å²) in [6.07, 6.45) is 0. The Morgan fingerprint density at radius 2 is 1.54 bits per heavy atom. The molecule has 2 rings (SSSR count). The lowest BCUT2D eigenvalue weighted by Crippen LogP contribution is -2.49. The first-order valence-corrected chi connectivity index (χ1v) is 8.29. The zero-order chi connectivity index (χ0) is 18.9. The highest BCUT2D eigenvalue weighted by atomic mass is 16.6. The van der Waals surface area contributed by atoms with E-state index in [0.29, 0.717) is 5.75 Å². The molecule has 1 amide bonds. The number of fused-ring (bicyclic) bond motifs is 1. The van der Waals surface area contributed by atoms with Crippen LogP contribution in [-0.2, 0) is 23.9 Å². The molecule has 0 aliphatic rings. The predicted molar refractivity (Wildman–Crippen MR) is 94.6 cm³/mol. The summed E-state index contributed by atoms with van der Waals surface area (Å²) >= 11 is 0. The van der Waals surface area contributed by atoms with Crippen molar-refractivity contribution in [3.63, 3.8) is 0 Å². The van der Waals surface area contributed by atoms with Gasteiger partial charge in [-0.15, -0.1) is 0 Å². The maximum absolute atomic E-state index is 12.1. The molecule has 2 aromatic carbocycles. The molecule has 0 saturated carbocycles. The van der Waals surface area contributed by atoms with Gasteiger partial charge in [-0.1, -0.05) is 30.3 Å². The quantitative estimate of drug-likeness (QED) is 0.571. The van der Waals surface area contributed by atoms with Crippen molar-refractivity contribution in [2.75, 3.05) is 19.8 Å². The van der Waals surface area contributed by atoms with Gasteiger partial charge >= 0.3 is 11.9 Å². The van der Waals surface area contributed by atoms with E-state index in [0.717, 1.165) is 10.8 Å². The lowest BCUT2D eigenvalue weighted by Gasteiger charge is -2.16. The number of carbonyl (C=O) groups excluding carboxylic acids is 3. The van der Waals surface area contributed by atoms with Gasteiger partial charge in [0.15, 0.2) is 6.61 Å². The molecule has 0 radical (unpaired) electrons. The van der Waals surface area contributed by atoms with E-state index in [2.05, 4.69) is 5.32 Å². The Morgan fingerprint density at radius 3 is 2.15 bits per heavy atom. The van der Waals surface area contributed by atoms with Gasteiger partial charge in [-0.25, -0.2) is 9.59 Å². The Hall–Kier alpha value is -3.09. The lowest BCUT2D eigenvalue weighted by atomic mass is 10.1. The molecular formula is C19H21NO6. The number of hydrogen-bond donors (Lipinski definition) is 1. The molecule has 0 bridgehead atoms. The molecule has 0 aliphatic heterocycles. The number of rotatable bonds is 8. The summed E-state index contributed by atoms with van der Waals surface area (Å²) < 4.78 is 15.0. The van der Waals surface area contributed by atoms with Gasteiger partial charge in [-0.05, 0) is 36.8 Å². The Bertz CT molecular complexity index is 770. The smallest absolute Gasteiger partial charge is 0.340 e. The van der Waals surface area contributed by atoms with Crippen LogP contribution in [0, 0.1) is 0 Å². The van der Waals surface area contributed by atoms with E-state index < -0.39 is 23.9 Å². The number of carbonyl (C=O) groups is 3. The van der Waals surface area contributed by atoms with Gasteiger partial charge in [0.25, 0.3) is 5.91 Å². The van der Waals surface area contributed by atoms with Gasteiger partial charge < -0.3 is 19.5 Å². The average Bonchev–Trinajstić information content (AvgIpc) is 2.64. The second-order valence-electron chi connectivity index (χ2n) is 5.30. The normalized spacial score (nSPS) is 10.4. The molecule has 0 unspecified atom stereocenters. The van der Waals surface area contributed by atoms with Crippen LogP contribution >= 0.6 is 0 Å². The van der Waals surface area contributed by atoms with E-state index in [1.807, 2.05) is 30.3 Å². The fourth-order valence-corrected chi connectivity index (χ4v) is 2.27. The number of nitrogens with one attached hydrogen (secondary N) is 1. The lowest BCUT2D eigenvalue weighted by molar-refractivity contribution is -0.159. The highest BCUT2D eigenvalue weighted by Crippen LogP contribution is 2.20. The third-order valence-corrected chi connectivity index (χ3v) is 3.44. The van der Waals surface area contributed by atoms with E-state index in [1.54, 1.807) is 26.0 Å². The molecule has 0 aromatic heterocycles. The number of benzene rings is 2. The fraction of sp³-hybridized carbons (Fsp3) is 0.316. The van der Waals surface area contributed by atoms with Crippen LogP contribution in [0.5, 0.6) is 5.75 Å². The zero-order valence-corrected chi connectivity index (χ0v) is 14.7. The Morgan fingerprint density at radius 1 is 0.923 bits per heavy atom. The molecule has 0 spiro atoms. The first-order valence-electron chi connectivity index (χ1n) is 8.29. The molecule has 7 nitrogen and oxygen atoms in total. The first kappa shape index (κ1) is 19.2. The van der Waals surface area contributed by atoms with E-state index in [4.69, 9.17) is 14.2 Å². The van der Waals surface area contributed by atoms with Crippen molar-refractivity contribution < 1.29 is 28.6 Å². The molecule has 0 saturated heterocycles. The SMILES string of the molecule is CCOC(=O)C(NC(=O)COc1ccc2ccccc2c1)C(=O)OCC. The van der Waals surface area contributed by atoms with E-state index in [9.17, 15) is 14.4 Å². The number of esters is 2. The van der Waals surface area contributed by atoms with Crippen molar-refractivity contribution in [1.82, 2.24) is 5.32 Å². The van der Waals surface area contributed by atoms with Crippen molar-refractivity contribution in [3.8, 4) is 5.75 Å². The van der Waals surface area contributed by atoms with Gasteiger partial charge in [0.2, 0.25) is 6.04 Å². The largest absolute Gasteiger partial charge is 0.484 e. The molecule has 0 heterocycles. The number of hydrogen-bond acceptors (Lipinski definition) is 6. The summed E-state index contributed by atoms with van der Waals surface area (Å²) in [5.41, 5.74) is 0. The van der Waals surface area contributed by atoms with Gasteiger partial charge in [0.05, 0.1) is 13.2 Å². The van der Waals surface area contributed by atoms with Crippen LogP contribution < -0.4 is 10.1 Å². The maximum atomic E-state index is 12.1. The second-order valence-corrected chi connectivity index (χ2v) is 5.30. The van der Waals surface area contributed by atoms with Crippen LogP contribution in [0.2, 0.25) is 0 Å². The van der Waals surface area contributed by atoms with Crippen LogP contribution in [0.25, 0.3) is 10.8 Å². The summed E-state index contributed by atoms with van der Waals surface area (Å²) in [7, 11) is 0. The van der Waals surface area contributed by atoms with Gasteiger partial charge in [-0.3, -0.25) is 4.79 Å². The molecule has 26 heavy (non-hydrogen) atoms. The Labute approximate surface area is 151 Å². The highest BCUT2D eigenvalue weighted by molar-refractivity contribution is 6.02. The summed E-state index contributed by atoms with van der Waals surface area (Å²) in [6, 6.07) is 11.6. The topological polar surface area (TPSA) is 90.9 Å². The van der Waals surface area contributed by atoms with Crippen LogP contribution in [0.15, 0.2) is 42.5 Å². The zero-order valence-electron chi connectivity index (χ0n) is 14.7. The molecule has 0 atom stereocenters. The summed E-state index contributed by atoms with van der Waals surface area (Å²) in [5, 5.41) is 4.30. The third-order valence-electron chi connectivity index (χ3n) is 3.44. The highest BCUT2D eigenvalue weighted by Gasteiger charge is 2.31. The van der Waals surface area contributed by atoms with Crippen LogP contribution in [0.4, 0.5) is 0 Å². The predicted octanol–water partition coefficient (Wildman–Crippen LogP) is 1.83. The van der Waals surface area contributed by atoms with Gasteiger partial charge in [0, 0.05) is 0 Å². The summed E-state index contributed by atoms with van der Waals surface area (Å²) in [5.74, 6) is -1.87. The monoisotopic (exact) mass is 359 g/mol. The standard InChI is InChI=1S/C19H21NO6/c1-3-24-18(22)17(19(23)25-4-2)20-16(21)12-26-15-10-9-13-7-5-6-8-14(13)11-15/h5-11,17H,3-4,12H2,1-2H3,(H,20,21). The summed E-state index contributed by atoms with van der Waals surface area (Å²) in [4.78, 5) is 35.7. The molecule has 138 valence electrons. The van der Waals surface area contributed by atoms with Crippen LogP contribution in [0.3, 0.4) is 0 Å². The van der Waals surface area contributed by atoms with E-state index in [-0.39, 0.29) is 19.8 Å². The maximum Gasteiger partial charge on any atom is 0.340 e. The first-order chi connectivity index (χ1) is 12.5. The van der Waals surface area contributed by atoms with Crippen LogP contribution in [0.1, 0.15) is 13.8 Å². The van der Waals surface area contributed by atoms with Crippen LogP contribution in [-0.4, -0.2) is 43.7 Å². The van der Waals surface area contributed by atoms with Crippen molar-refractivity contribution in [2.24, 2.45) is 0 Å². The average molecular weight is 359 g/mol. The summed E-state index contributed by atoms with van der Waals surface area (Å²) in [6.45, 7) is 3.01. The minimum absolute atomic E-state index is 0.0815. The van der Waals surface area contributed by atoms with E-state index >= 15 is 0 Å². The number of ether oxygens (including phenoxy) is 3. The van der Waals surface area contributed by atoms with Crippen molar-refractivity contribution in [1.29, 1.82) is 0 Å². The number of amides is 1. The second kappa shape index (κ2) is 9.41. The molecule has 0 aliphatic carbocycles. The van der Waals surface area contributed by atoms with Crippen molar-refractivity contribution in [2.45, 2.75) is 19.9 Å². The van der Waals surface area contributed by atoms with E-state index in [1.165, 1.54) is 0 Å². The molecule has 0 fully saturated rings. The Balaban J connectivity index is 1.97. The van der Waals surface area contributed by atoms with Gasteiger partial charge in [-0.2, -0.15) is 0 Å². The Kier molecular flexibility index (Phi) is 6.96. The molecular weight excluding hydrogens is 338 g/mol. The minimum atomic E-state index is -1.51. The van der Waals surface area contributed by atoms with Crippen molar-refractivity contribution >= 4 is 28.6 Å². The molecule has 2 aromatic rings. The van der Waals surface area contributed by atoms with Crippen molar-refractivity contribution in [3.05, 3.63) is 42.5 Å².